The fourth-order valence-corrected chi connectivity index (χ4v) is 2.85. The number of carbonyl (C=O) groups is 1. The van der Waals surface area contributed by atoms with Crippen molar-refractivity contribution in [3.63, 3.8) is 0 Å². The Morgan fingerprint density at radius 2 is 2.29 bits per heavy atom. The van der Waals surface area contributed by atoms with Gasteiger partial charge in [-0.2, -0.15) is 10.2 Å². The highest BCUT2D eigenvalue weighted by Crippen LogP contribution is 2.37. The van der Waals surface area contributed by atoms with Gasteiger partial charge in [-0.25, -0.2) is 4.39 Å². The predicted molar refractivity (Wildman–Crippen MR) is 87.0 cm³/mol. The zero-order valence-electron chi connectivity index (χ0n) is 13.4. The van der Waals surface area contributed by atoms with E-state index >= 15 is 0 Å². The highest BCUT2D eigenvalue weighted by molar-refractivity contribution is 5.76. The van der Waals surface area contributed by atoms with E-state index in [1.54, 1.807) is 6.07 Å². The second kappa shape index (κ2) is 7.00. The van der Waals surface area contributed by atoms with E-state index in [0.29, 0.717) is 38.0 Å². The van der Waals surface area contributed by atoms with Gasteiger partial charge in [-0.15, -0.1) is 12.3 Å². The van der Waals surface area contributed by atoms with Gasteiger partial charge in [0.25, 0.3) is 0 Å². The van der Waals surface area contributed by atoms with E-state index in [1.165, 1.54) is 12.1 Å². The molecule has 5 nitrogen and oxygen atoms in total. The lowest BCUT2D eigenvalue weighted by Gasteiger charge is -2.26. The number of fused-ring (bicyclic) bond motifs is 1. The molecule has 24 heavy (non-hydrogen) atoms. The quantitative estimate of drug-likeness (QED) is 0.782. The van der Waals surface area contributed by atoms with Gasteiger partial charge in [0.15, 0.2) is 5.66 Å². The van der Waals surface area contributed by atoms with Crippen LogP contribution in [0.25, 0.3) is 0 Å². The van der Waals surface area contributed by atoms with Gasteiger partial charge in [0, 0.05) is 25.7 Å². The van der Waals surface area contributed by atoms with Crippen molar-refractivity contribution in [2.45, 2.75) is 50.3 Å². The average Bonchev–Trinajstić information content (AvgIpc) is 3.36. The van der Waals surface area contributed by atoms with Crippen LogP contribution in [0.4, 0.5) is 4.39 Å². The number of ether oxygens (including phenoxy) is 1. The maximum absolute atomic E-state index is 13.2. The summed E-state index contributed by atoms with van der Waals surface area (Å²) in [5, 5.41) is 10.9. The third-order valence-electron chi connectivity index (χ3n) is 4.38. The molecule has 2 aliphatic heterocycles. The molecule has 0 bridgehead atoms. The van der Waals surface area contributed by atoms with E-state index in [9.17, 15) is 9.18 Å². The maximum atomic E-state index is 13.2. The summed E-state index contributed by atoms with van der Waals surface area (Å²) in [4.78, 5) is 12.0. The minimum Gasteiger partial charge on any atom is -0.488 e. The first-order chi connectivity index (χ1) is 11.6. The van der Waals surface area contributed by atoms with Crippen LogP contribution in [0.15, 0.2) is 28.4 Å². The zero-order chi connectivity index (χ0) is 17.0. The fourth-order valence-electron chi connectivity index (χ4n) is 2.85. The van der Waals surface area contributed by atoms with Crippen molar-refractivity contribution in [1.29, 1.82) is 0 Å². The van der Waals surface area contributed by atoms with Gasteiger partial charge in [0.05, 0.1) is 6.54 Å². The Morgan fingerprint density at radius 1 is 1.46 bits per heavy atom. The van der Waals surface area contributed by atoms with E-state index in [2.05, 4.69) is 21.5 Å². The average molecular weight is 329 g/mol. The second-order valence-electron chi connectivity index (χ2n) is 6.22. The van der Waals surface area contributed by atoms with Gasteiger partial charge in [0.2, 0.25) is 5.91 Å². The van der Waals surface area contributed by atoms with Crippen LogP contribution in [0.2, 0.25) is 0 Å². The molecule has 1 unspecified atom stereocenters. The topological polar surface area (TPSA) is 63.0 Å². The van der Waals surface area contributed by atoms with Gasteiger partial charge >= 0.3 is 0 Å². The molecule has 0 radical (unpaired) electrons. The number of terminal acetylenes is 1. The van der Waals surface area contributed by atoms with E-state index in [1.807, 2.05) is 0 Å². The fraction of sp³-hybridized carbons (Fsp3) is 0.500. The molecule has 0 saturated carbocycles. The van der Waals surface area contributed by atoms with Crippen LogP contribution in [0.3, 0.4) is 0 Å². The van der Waals surface area contributed by atoms with Crippen molar-refractivity contribution in [3.05, 3.63) is 29.6 Å². The molecule has 2 heterocycles. The molecular weight excluding hydrogens is 309 g/mol. The summed E-state index contributed by atoms with van der Waals surface area (Å²) in [5.41, 5.74) is 0.457. The minimum absolute atomic E-state index is 0.0408. The standard InChI is InChI=1S/C18H20FN3O2/c1-2-3-9-18(21-22-18)10-8-17(23)20-12-15-6-4-13-11-14(19)5-7-16(13)24-15/h1,5,7,11,15H,3-4,6,8-10,12H2,(H,20,23). The van der Waals surface area contributed by atoms with E-state index in [-0.39, 0.29) is 17.8 Å². The van der Waals surface area contributed by atoms with Crippen LogP contribution in [0.1, 0.15) is 37.7 Å². The summed E-state index contributed by atoms with van der Waals surface area (Å²) in [7, 11) is 0. The summed E-state index contributed by atoms with van der Waals surface area (Å²) in [5.74, 6) is 2.98. The summed E-state index contributed by atoms with van der Waals surface area (Å²) in [6.07, 6.45) is 8.95. The van der Waals surface area contributed by atoms with Gasteiger partial charge in [-0.05, 0) is 36.6 Å². The number of amides is 1. The second-order valence-corrected chi connectivity index (χ2v) is 6.22. The molecule has 0 aliphatic carbocycles. The van der Waals surface area contributed by atoms with Crippen molar-refractivity contribution in [2.75, 3.05) is 6.54 Å². The number of nitrogens with zero attached hydrogens (tertiary/aromatic N) is 2. The third kappa shape index (κ3) is 4.10. The summed E-state index contributed by atoms with van der Waals surface area (Å²) >= 11 is 0. The van der Waals surface area contributed by atoms with Crippen molar-refractivity contribution < 1.29 is 13.9 Å². The van der Waals surface area contributed by atoms with Gasteiger partial charge < -0.3 is 10.1 Å². The Balaban J connectivity index is 1.39. The van der Waals surface area contributed by atoms with E-state index in [0.717, 1.165) is 18.4 Å². The Labute approximate surface area is 140 Å². The molecular formula is C18H20FN3O2. The molecule has 1 atom stereocenters. The van der Waals surface area contributed by atoms with Crippen molar-refractivity contribution in [3.8, 4) is 18.1 Å². The third-order valence-corrected chi connectivity index (χ3v) is 4.38. The van der Waals surface area contributed by atoms with Crippen LogP contribution in [0, 0.1) is 18.2 Å². The number of aryl methyl sites for hydroxylation is 1. The van der Waals surface area contributed by atoms with Crippen LogP contribution >= 0.6 is 0 Å². The van der Waals surface area contributed by atoms with Crippen molar-refractivity contribution >= 4 is 5.91 Å². The minimum atomic E-state index is -0.423. The van der Waals surface area contributed by atoms with Crippen LogP contribution in [-0.4, -0.2) is 24.2 Å². The van der Waals surface area contributed by atoms with Crippen LogP contribution < -0.4 is 10.1 Å². The summed E-state index contributed by atoms with van der Waals surface area (Å²) in [6, 6.07) is 4.53. The lowest BCUT2D eigenvalue weighted by Crippen LogP contribution is -2.37. The van der Waals surface area contributed by atoms with Crippen molar-refractivity contribution in [1.82, 2.24) is 5.32 Å². The first kappa shape index (κ1) is 16.4. The number of rotatable bonds is 7. The first-order valence-corrected chi connectivity index (χ1v) is 8.19. The monoisotopic (exact) mass is 329 g/mol. The molecule has 0 fully saturated rings. The summed E-state index contributed by atoms with van der Waals surface area (Å²) < 4.78 is 19.0. The zero-order valence-corrected chi connectivity index (χ0v) is 13.4. The lowest BCUT2D eigenvalue weighted by molar-refractivity contribution is -0.121. The highest BCUT2D eigenvalue weighted by Gasteiger charge is 2.39. The largest absolute Gasteiger partial charge is 0.488 e. The van der Waals surface area contributed by atoms with E-state index in [4.69, 9.17) is 11.2 Å². The summed E-state index contributed by atoms with van der Waals surface area (Å²) in [6.45, 7) is 0.446. The number of hydrogen-bond acceptors (Lipinski definition) is 4. The molecule has 3 rings (SSSR count). The van der Waals surface area contributed by atoms with E-state index < -0.39 is 5.66 Å². The molecule has 1 aromatic carbocycles. The molecule has 2 aliphatic rings. The molecule has 0 spiro atoms. The normalized spacial score (nSPS) is 19.8. The predicted octanol–water partition coefficient (Wildman–Crippen LogP) is 2.99. The van der Waals surface area contributed by atoms with Gasteiger partial charge in [0.1, 0.15) is 17.7 Å². The molecule has 1 N–H and O–H groups in total. The Morgan fingerprint density at radius 3 is 3.04 bits per heavy atom. The van der Waals surface area contributed by atoms with Crippen LogP contribution in [0.5, 0.6) is 5.75 Å². The molecule has 126 valence electrons. The number of hydrogen-bond donors (Lipinski definition) is 1. The Bertz CT molecular complexity index is 690. The SMILES string of the molecule is C#CCCC1(CCC(=O)NCC2CCc3cc(F)ccc3O2)N=N1. The molecule has 0 aromatic heterocycles. The molecule has 1 aromatic rings. The molecule has 1 amide bonds. The maximum Gasteiger partial charge on any atom is 0.220 e. The number of nitrogens with one attached hydrogen (secondary N) is 1. The Kier molecular flexibility index (Phi) is 4.79. The Hall–Kier alpha value is -2.42. The van der Waals surface area contributed by atoms with Gasteiger partial charge in [-0.1, -0.05) is 0 Å². The first-order valence-electron chi connectivity index (χ1n) is 8.19. The number of halogens is 1. The highest BCUT2D eigenvalue weighted by atomic mass is 19.1. The number of carbonyl (C=O) groups excluding carboxylic acids is 1. The molecule has 0 saturated heterocycles. The smallest absolute Gasteiger partial charge is 0.220 e. The number of benzene rings is 1. The molecule has 6 heteroatoms. The van der Waals surface area contributed by atoms with Crippen LogP contribution in [-0.2, 0) is 11.2 Å². The van der Waals surface area contributed by atoms with Gasteiger partial charge in [-0.3, -0.25) is 4.79 Å². The van der Waals surface area contributed by atoms with Crippen molar-refractivity contribution in [2.24, 2.45) is 10.2 Å². The lowest BCUT2D eigenvalue weighted by atomic mass is 10.0.